The van der Waals surface area contributed by atoms with Crippen molar-refractivity contribution in [2.24, 2.45) is 0 Å². The Morgan fingerprint density at radius 1 is 1.06 bits per heavy atom. The van der Waals surface area contributed by atoms with Crippen LogP contribution in [0.5, 0.6) is 11.5 Å². The van der Waals surface area contributed by atoms with E-state index in [0.717, 1.165) is 11.1 Å². The monoisotopic (exact) mass is 498 g/mol. The van der Waals surface area contributed by atoms with Crippen LogP contribution in [0, 0.1) is 5.82 Å². The fraction of sp³-hybridized carbons (Fsp3) is 0.200. The van der Waals surface area contributed by atoms with Crippen molar-refractivity contribution < 1.29 is 23.5 Å². The SMILES string of the molecule is COc1ccc([C@@H]2SC[C@H]3C(=O)N(c4ccc(Cl)cc4)C(=O)N32)cc1COc1ccc(F)cc1. The zero-order chi connectivity index (χ0) is 23.8. The number of hydrogen-bond acceptors (Lipinski definition) is 5. The van der Waals surface area contributed by atoms with Crippen molar-refractivity contribution in [3.63, 3.8) is 0 Å². The van der Waals surface area contributed by atoms with Crippen LogP contribution in [0.1, 0.15) is 16.5 Å². The highest BCUT2D eigenvalue weighted by molar-refractivity contribution is 7.99. The molecule has 0 aliphatic carbocycles. The molecule has 0 saturated carbocycles. The van der Waals surface area contributed by atoms with Gasteiger partial charge in [-0.3, -0.25) is 9.69 Å². The third-order valence-corrected chi connectivity index (χ3v) is 7.38. The summed E-state index contributed by atoms with van der Waals surface area (Å²) in [7, 11) is 1.57. The maximum atomic E-state index is 13.3. The normalized spacial score (nSPS) is 19.5. The number of thioether (sulfide) groups is 1. The van der Waals surface area contributed by atoms with Gasteiger partial charge in [-0.15, -0.1) is 11.8 Å². The van der Waals surface area contributed by atoms with Gasteiger partial charge in [0.05, 0.1) is 12.8 Å². The summed E-state index contributed by atoms with van der Waals surface area (Å²) in [5.74, 6) is 1.10. The molecule has 9 heteroatoms. The Balaban J connectivity index is 1.40. The molecule has 174 valence electrons. The number of anilines is 1. The molecule has 0 spiro atoms. The van der Waals surface area contributed by atoms with Gasteiger partial charge in [-0.2, -0.15) is 0 Å². The summed E-state index contributed by atoms with van der Waals surface area (Å²) in [4.78, 5) is 29.2. The maximum Gasteiger partial charge on any atom is 0.333 e. The van der Waals surface area contributed by atoms with Crippen molar-refractivity contribution in [1.82, 2.24) is 4.90 Å². The second-order valence-electron chi connectivity index (χ2n) is 7.86. The van der Waals surface area contributed by atoms with E-state index in [0.29, 0.717) is 28.0 Å². The van der Waals surface area contributed by atoms with E-state index < -0.39 is 6.04 Å². The molecule has 0 aromatic heterocycles. The largest absolute Gasteiger partial charge is 0.496 e. The van der Waals surface area contributed by atoms with Crippen LogP contribution in [0.4, 0.5) is 14.9 Å². The molecule has 3 aromatic rings. The van der Waals surface area contributed by atoms with Gasteiger partial charge in [0.15, 0.2) is 0 Å². The zero-order valence-corrected chi connectivity index (χ0v) is 19.7. The molecule has 0 N–H and O–H groups in total. The smallest absolute Gasteiger partial charge is 0.333 e. The number of nitrogens with zero attached hydrogens (tertiary/aromatic N) is 2. The van der Waals surface area contributed by atoms with E-state index in [-0.39, 0.29) is 29.7 Å². The molecular weight excluding hydrogens is 479 g/mol. The van der Waals surface area contributed by atoms with E-state index in [1.54, 1.807) is 60.2 Å². The number of halogens is 2. The average Bonchev–Trinajstić information content (AvgIpc) is 3.39. The van der Waals surface area contributed by atoms with Crippen LogP contribution < -0.4 is 14.4 Å². The van der Waals surface area contributed by atoms with Crippen LogP contribution in [-0.4, -0.2) is 35.7 Å². The van der Waals surface area contributed by atoms with Crippen LogP contribution >= 0.6 is 23.4 Å². The minimum Gasteiger partial charge on any atom is -0.496 e. The number of benzene rings is 3. The second-order valence-corrected chi connectivity index (χ2v) is 9.40. The highest BCUT2D eigenvalue weighted by Crippen LogP contribution is 2.46. The van der Waals surface area contributed by atoms with Crippen LogP contribution in [0.3, 0.4) is 0 Å². The highest BCUT2D eigenvalue weighted by Gasteiger charge is 2.53. The standard InChI is InChI=1S/C25H20ClFN2O4S/c1-32-22-11-2-15(12-16(22)13-33-20-9-5-18(27)6-10-20)24-29-21(14-34-24)23(30)28(25(29)31)19-7-3-17(26)4-8-19/h2-12,21,24H,13-14H2,1H3/t21-,24-/m0/s1. The molecule has 2 aliphatic heterocycles. The predicted octanol–water partition coefficient (Wildman–Crippen LogP) is 5.65. The van der Waals surface area contributed by atoms with Crippen molar-refractivity contribution >= 4 is 41.0 Å². The topological polar surface area (TPSA) is 59.1 Å². The van der Waals surface area contributed by atoms with E-state index >= 15 is 0 Å². The molecule has 3 amide bonds. The molecule has 0 unspecified atom stereocenters. The summed E-state index contributed by atoms with van der Waals surface area (Å²) in [6, 6.07) is 17.2. The number of urea groups is 1. The Labute approximate surface area is 205 Å². The van der Waals surface area contributed by atoms with Gasteiger partial charge >= 0.3 is 6.03 Å². The number of amides is 3. The highest BCUT2D eigenvalue weighted by atomic mass is 35.5. The van der Waals surface area contributed by atoms with Gasteiger partial charge in [0.25, 0.3) is 5.91 Å². The summed E-state index contributed by atoms with van der Waals surface area (Å²) in [5, 5.41) is 0.208. The number of methoxy groups -OCH3 is 1. The lowest BCUT2D eigenvalue weighted by Crippen LogP contribution is -2.33. The van der Waals surface area contributed by atoms with Crippen molar-refractivity contribution in [3.05, 3.63) is 88.7 Å². The first-order chi connectivity index (χ1) is 16.5. The van der Waals surface area contributed by atoms with Gasteiger partial charge in [-0.1, -0.05) is 17.7 Å². The lowest BCUT2D eigenvalue weighted by Gasteiger charge is -2.24. The lowest BCUT2D eigenvalue weighted by atomic mass is 10.1. The third kappa shape index (κ3) is 4.08. The van der Waals surface area contributed by atoms with E-state index in [1.165, 1.54) is 17.0 Å². The van der Waals surface area contributed by atoms with Gasteiger partial charge in [0.2, 0.25) is 0 Å². The quantitative estimate of drug-likeness (QED) is 0.411. The van der Waals surface area contributed by atoms with E-state index in [4.69, 9.17) is 21.1 Å². The van der Waals surface area contributed by atoms with Crippen molar-refractivity contribution in [2.45, 2.75) is 18.0 Å². The number of fused-ring (bicyclic) bond motifs is 1. The first kappa shape index (κ1) is 22.6. The lowest BCUT2D eigenvalue weighted by molar-refractivity contribution is -0.119. The molecule has 6 nitrogen and oxygen atoms in total. The van der Waals surface area contributed by atoms with Gasteiger partial charge in [-0.05, 0) is 66.2 Å². The number of hydrogen-bond donors (Lipinski definition) is 0. The Bertz CT molecular complexity index is 1240. The summed E-state index contributed by atoms with van der Waals surface area (Å²) in [5.41, 5.74) is 2.15. The van der Waals surface area contributed by atoms with Crippen LogP contribution in [0.2, 0.25) is 5.02 Å². The van der Waals surface area contributed by atoms with Crippen molar-refractivity contribution in [1.29, 1.82) is 0 Å². The molecule has 0 radical (unpaired) electrons. The minimum absolute atomic E-state index is 0.202. The van der Waals surface area contributed by atoms with Crippen molar-refractivity contribution in [3.8, 4) is 11.5 Å². The molecule has 5 rings (SSSR count). The molecule has 2 saturated heterocycles. The Hall–Kier alpha value is -3.23. The van der Waals surface area contributed by atoms with Crippen LogP contribution in [-0.2, 0) is 11.4 Å². The Kier molecular flexibility index (Phi) is 6.10. The van der Waals surface area contributed by atoms with E-state index in [1.807, 2.05) is 18.2 Å². The van der Waals surface area contributed by atoms with E-state index in [2.05, 4.69) is 0 Å². The molecule has 2 fully saturated rings. The Morgan fingerprint density at radius 2 is 1.79 bits per heavy atom. The summed E-state index contributed by atoms with van der Waals surface area (Å²) < 4.78 is 24.5. The van der Waals surface area contributed by atoms with Gasteiger partial charge in [0.1, 0.15) is 35.3 Å². The molecule has 2 atom stereocenters. The molecule has 34 heavy (non-hydrogen) atoms. The minimum atomic E-state index is -0.529. The molecule has 2 heterocycles. The number of rotatable bonds is 6. The first-order valence-electron chi connectivity index (χ1n) is 10.5. The first-order valence-corrected chi connectivity index (χ1v) is 12.0. The maximum absolute atomic E-state index is 13.3. The van der Waals surface area contributed by atoms with Gasteiger partial charge in [0, 0.05) is 16.3 Å². The molecular formula is C25H20ClFN2O4S. The van der Waals surface area contributed by atoms with Crippen molar-refractivity contribution in [2.75, 3.05) is 17.8 Å². The van der Waals surface area contributed by atoms with E-state index in [9.17, 15) is 14.0 Å². The number of carbonyl (C=O) groups is 2. The van der Waals surface area contributed by atoms with Gasteiger partial charge < -0.3 is 9.47 Å². The molecule has 2 aliphatic rings. The summed E-state index contributed by atoms with van der Waals surface area (Å²) in [6.45, 7) is 0.202. The van der Waals surface area contributed by atoms with Crippen LogP contribution in [0.15, 0.2) is 66.7 Å². The fourth-order valence-electron chi connectivity index (χ4n) is 4.13. The average molecular weight is 499 g/mol. The number of ether oxygens (including phenoxy) is 2. The summed E-state index contributed by atoms with van der Waals surface area (Å²) >= 11 is 7.51. The predicted molar refractivity (Wildman–Crippen MR) is 129 cm³/mol. The number of imide groups is 1. The number of carbonyl (C=O) groups excluding carboxylic acids is 2. The third-order valence-electron chi connectivity index (χ3n) is 5.80. The second kappa shape index (κ2) is 9.19. The molecule has 0 bridgehead atoms. The Morgan fingerprint density at radius 3 is 2.50 bits per heavy atom. The molecule has 3 aromatic carbocycles. The fourth-order valence-corrected chi connectivity index (χ4v) is 5.66. The van der Waals surface area contributed by atoms with Gasteiger partial charge in [-0.25, -0.2) is 14.1 Å². The zero-order valence-electron chi connectivity index (χ0n) is 18.1. The summed E-state index contributed by atoms with van der Waals surface area (Å²) in [6.07, 6.45) is 0. The van der Waals surface area contributed by atoms with Crippen LogP contribution in [0.25, 0.3) is 0 Å².